The molecule has 0 aliphatic rings. The summed E-state index contributed by atoms with van der Waals surface area (Å²) in [6.07, 6.45) is 0.245. The second-order valence-corrected chi connectivity index (χ2v) is 3.27. The van der Waals surface area contributed by atoms with Crippen LogP contribution >= 0.6 is 11.6 Å². The first-order valence-corrected chi connectivity index (χ1v) is 4.28. The van der Waals surface area contributed by atoms with Crippen LogP contribution in [0.5, 0.6) is 0 Å². The van der Waals surface area contributed by atoms with E-state index in [1.54, 1.807) is 13.0 Å². The maximum absolute atomic E-state index is 13.1. The quantitative estimate of drug-likeness (QED) is 0.691. The highest BCUT2D eigenvalue weighted by molar-refractivity contribution is 6.31. The van der Waals surface area contributed by atoms with Crippen molar-refractivity contribution in [2.45, 2.75) is 19.4 Å². The molecule has 1 atom stereocenters. The molecular formula is C9H9ClFNO. The Bertz CT molecular complexity index is 296. The second kappa shape index (κ2) is 4.33. The topological polar surface area (TPSA) is 29.4 Å². The van der Waals surface area contributed by atoms with E-state index in [0.29, 0.717) is 10.6 Å². The molecule has 4 heteroatoms. The van der Waals surface area contributed by atoms with Crippen LogP contribution in [0.1, 0.15) is 12.5 Å². The minimum Gasteiger partial charge on any atom is -0.207 e. The number of benzene rings is 1. The Kier molecular flexibility index (Phi) is 3.37. The SMILES string of the molecule is CC(Cc1c(F)cccc1Cl)N=O. The lowest BCUT2D eigenvalue weighted by atomic mass is 10.1. The summed E-state index contributed by atoms with van der Waals surface area (Å²) in [5.74, 6) is -0.386. The second-order valence-electron chi connectivity index (χ2n) is 2.86. The molecule has 0 fully saturated rings. The van der Waals surface area contributed by atoms with Gasteiger partial charge < -0.3 is 0 Å². The van der Waals surface area contributed by atoms with E-state index in [-0.39, 0.29) is 12.2 Å². The molecule has 1 unspecified atom stereocenters. The molecule has 0 bridgehead atoms. The molecule has 0 aliphatic heterocycles. The van der Waals surface area contributed by atoms with Gasteiger partial charge in [-0.15, -0.1) is 0 Å². The maximum atomic E-state index is 13.1. The zero-order chi connectivity index (χ0) is 9.84. The minimum atomic E-state index is -0.450. The third-order valence-corrected chi connectivity index (χ3v) is 2.10. The van der Waals surface area contributed by atoms with Crippen LogP contribution in [-0.2, 0) is 6.42 Å². The lowest BCUT2D eigenvalue weighted by molar-refractivity contribution is 0.596. The zero-order valence-electron chi connectivity index (χ0n) is 7.13. The van der Waals surface area contributed by atoms with Gasteiger partial charge in [0.1, 0.15) is 5.82 Å². The van der Waals surface area contributed by atoms with E-state index in [1.807, 2.05) is 0 Å². The summed E-state index contributed by atoms with van der Waals surface area (Å²) < 4.78 is 13.1. The van der Waals surface area contributed by atoms with Crippen molar-refractivity contribution in [1.29, 1.82) is 0 Å². The first-order chi connectivity index (χ1) is 6.15. The van der Waals surface area contributed by atoms with E-state index < -0.39 is 6.04 Å². The maximum Gasteiger partial charge on any atom is 0.127 e. The Balaban J connectivity index is 2.93. The van der Waals surface area contributed by atoms with Crippen molar-refractivity contribution in [2.75, 3.05) is 0 Å². The summed E-state index contributed by atoms with van der Waals surface area (Å²) in [6.45, 7) is 1.62. The summed E-state index contributed by atoms with van der Waals surface area (Å²) in [5, 5.41) is 3.13. The van der Waals surface area contributed by atoms with Crippen molar-refractivity contribution in [3.05, 3.63) is 39.5 Å². The number of nitrogens with zero attached hydrogens (tertiary/aromatic N) is 1. The Morgan fingerprint density at radius 1 is 1.62 bits per heavy atom. The highest BCUT2D eigenvalue weighted by Crippen LogP contribution is 2.20. The molecule has 0 spiro atoms. The average molecular weight is 202 g/mol. The Morgan fingerprint density at radius 3 is 2.85 bits per heavy atom. The highest BCUT2D eigenvalue weighted by atomic mass is 35.5. The third-order valence-electron chi connectivity index (χ3n) is 1.74. The number of hydrogen-bond acceptors (Lipinski definition) is 2. The molecule has 0 aromatic heterocycles. The van der Waals surface area contributed by atoms with Crippen molar-refractivity contribution >= 4 is 11.6 Å². The Morgan fingerprint density at radius 2 is 2.31 bits per heavy atom. The third kappa shape index (κ3) is 2.49. The summed E-state index contributed by atoms with van der Waals surface area (Å²) in [5.41, 5.74) is 0.358. The Labute approximate surface area is 80.7 Å². The molecule has 0 saturated carbocycles. The summed E-state index contributed by atoms with van der Waals surface area (Å²) in [4.78, 5) is 10.1. The lowest BCUT2D eigenvalue weighted by Crippen LogP contribution is -2.04. The molecule has 0 amide bonds. The molecule has 1 aromatic rings. The van der Waals surface area contributed by atoms with E-state index in [2.05, 4.69) is 5.18 Å². The summed E-state index contributed by atoms with van der Waals surface area (Å²) in [7, 11) is 0. The van der Waals surface area contributed by atoms with Crippen LogP contribution < -0.4 is 0 Å². The van der Waals surface area contributed by atoms with E-state index in [1.165, 1.54) is 12.1 Å². The molecule has 1 rings (SSSR count). The first kappa shape index (κ1) is 10.1. The van der Waals surface area contributed by atoms with Gasteiger partial charge in [0, 0.05) is 17.0 Å². The summed E-state index contributed by atoms with van der Waals surface area (Å²) in [6, 6.07) is 3.99. The number of rotatable bonds is 3. The van der Waals surface area contributed by atoms with Crippen molar-refractivity contribution in [3.8, 4) is 0 Å². The normalized spacial score (nSPS) is 12.5. The van der Waals surface area contributed by atoms with Gasteiger partial charge in [-0.2, -0.15) is 4.91 Å². The van der Waals surface area contributed by atoms with Crippen LogP contribution in [0.3, 0.4) is 0 Å². The molecule has 0 aliphatic carbocycles. The standard InChI is InChI=1S/C9H9ClFNO/c1-6(12-13)5-7-8(10)3-2-4-9(7)11/h2-4,6H,5H2,1H3. The first-order valence-electron chi connectivity index (χ1n) is 3.90. The van der Waals surface area contributed by atoms with Gasteiger partial charge in [-0.3, -0.25) is 0 Å². The number of halogens is 2. The molecule has 1 aromatic carbocycles. The molecule has 70 valence electrons. The van der Waals surface area contributed by atoms with Gasteiger partial charge in [0.2, 0.25) is 0 Å². The predicted octanol–water partition coefficient (Wildman–Crippen LogP) is 3.18. The molecule has 13 heavy (non-hydrogen) atoms. The number of nitroso groups, excluding NO2 is 1. The van der Waals surface area contributed by atoms with Gasteiger partial charge in [0.05, 0.1) is 6.04 Å². The Hall–Kier alpha value is -0.960. The smallest absolute Gasteiger partial charge is 0.127 e. The molecule has 0 N–H and O–H groups in total. The molecule has 0 radical (unpaired) electrons. The molecule has 0 heterocycles. The van der Waals surface area contributed by atoms with Crippen LogP contribution in [-0.4, -0.2) is 6.04 Å². The van der Waals surface area contributed by atoms with Gasteiger partial charge in [-0.25, -0.2) is 4.39 Å². The predicted molar refractivity (Wildman–Crippen MR) is 50.4 cm³/mol. The van der Waals surface area contributed by atoms with Crippen molar-refractivity contribution in [3.63, 3.8) is 0 Å². The van der Waals surface area contributed by atoms with Crippen molar-refractivity contribution < 1.29 is 4.39 Å². The fourth-order valence-corrected chi connectivity index (χ4v) is 1.30. The number of hydrogen-bond donors (Lipinski definition) is 0. The molecule has 2 nitrogen and oxygen atoms in total. The fourth-order valence-electron chi connectivity index (χ4n) is 1.06. The van der Waals surface area contributed by atoms with Crippen LogP contribution in [0.2, 0.25) is 5.02 Å². The zero-order valence-corrected chi connectivity index (χ0v) is 7.88. The van der Waals surface area contributed by atoms with E-state index in [0.717, 1.165) is 0 Å². The highest BCUT2D eigenvalue weighted by Gasteiger charge is 2.10. The van der Waals surface area contributed by atoms with Crippen molar-refractivity contribution in [1.82, 2.24) is 0 Å². The van der Waals surface area contributed by atoms with Gasteiger partial charge in [0.15, 0.2) is 0 Å². The van der Waals surface area contributed by atoms with Gasteiger partial charge in [0.25, 0.3) is 0 Å². The van der Waals surface area contributed by atoms with Crippen LogP contribution in [0.4, 0.5) is 4.39 Å². The minimum absolute atomic E-state index is 0.245. The average Bonchev–Trinajstić information content (AvgIpc) is 2.11. The largest absolute Gasteiger partial charge is 0.207 e. The van der Waals surface area contributed by atoms with Crippen molar-refractivity contribution in [2.24, 2.45) is 5.18 Å². The monoisotopic (exact) mass is 201 g/mol. The fraction of sp³-hybridized carbons (Fsp3) is 0.333. The van der Waals surface area contributed by atoms with E-state index >= 15 is 0 Å². The van der Waals surface area contributed by atoms with Crippen LogP contribution in [0, 0.1) is 10.7 Å². The van der Waals surface area contributed by atoms with Gasteiger partial charge in [-0.05, 0) is 19.1 Å². The lowest BCUT2D eigenvalue weighted by Gasteiger charge is -2.06. The van der Waals surface area contributed by atoms with Crippen LogP contribution in [0.25, 0.3) is 0 Å². The van der Waals surface area contributed by atoms with E-state index in [9.17, 15) is 9.30 Å². The van der Waals surface area contributed by atoms with E-state index in [4.69, 9.17) is 11.6 Å². The molecular weight excluding hydrogens is 193 g/mol. The van der Waals surface area contributed by atoms with Crippen LogP contribution in [0.15, 0.2) is 23.4 Å². The molecule has 0 saturated heterocycles. The summed E-state index contributed by atoms with van der Waals surface area (Å²) >= 11 is 5.75. The van der Waals surface area contributed by atoms with Gasteiger partial charge >= 0.3 is 0 Å². The van der Waals surface area contributed by atoms with Gasteiger partial charge in [-0.1, -0.05) is 22.8 Å².